The molecule has 0 aliphatic carbocycles. The summed E-state index contributed by atoms with van der Waals surface area (Å²) in [5, 5.41) is 24.3. The fourth-order valence-corrected chi connectivity index (χ4v) is 5.54. The van der Waals surface area contributed by atoms with E-state index in [4.69, 9.17) is 16.3 Å². The molecule has 0 saturated carbocycles. The number of carbonyl (C=O) groups excluding carboxylic acids is 1. The summed E-state index contributed by atoms with van der Waals surface area (Å²) in [5.74, 6) is 0.0850. The number of fused-ring (bicyclic) bond motifs is 1. The minimum atomic E-state index is -0.651. The summed E-state index contributed by atoms with van der Waals surface area (Å²) < 4.78 is 7.08. The number of benzene rings is 3. The standard InChI is InChI=1S/C25H17ClN4O4S2/c1-2-34-19-7-8-20-23(13-19)36-25(29-20)35-22-9-6-15(11-21(22)30(32)33)10-16(14-27)24(31)28-18-5-3-4-17(26)12-18/h3-13H,2H2,1H3,(H,28,31)/b16-10+. The number of aromatic nitrogens is 1. The lowest BCUT2D eigenvalue weighted by molar-refractivity contribution is -0.387. The quantitative estimate of drug-likeness (QED) is 0.112. The summed E-state index contributed by atoms with van der Waals surface area (Å²) in [5.41, 5.74) is 1.18. The summed E-state index contributed by atoms with van der Waals surface area (Å²) in [6, 6.07) is 18.4. The van der Waals surface area contributed by atoms with Gasteiger partial charge in [0.25, 0.3) is 11.6 Å². The van der Waals surface area contributed by atoms with Gasteiger partial charge in [0.1, 0.15) is 17.4 Å². The molecule has 1 amide bonds. The maximum Gasteiger partial charge on any atom is 0.283 e. The number of nitrogens with one attached hydrogen (secondary N) is 1. The zero-order valence-corrected chi connectivity index (χ0v) is 21.1. The van der Waals surface area contributed by atoms with Crippen LogP contribution in [0.15, 0.2) is 75.5 Å². The van der Waals surface area contributed by atoms with Crippen molar-refractivity contribution in [2.24, 2.45) is 0 Å². The molecule has 1 heterocycles. The number of ether oxygens (including phenoxy) is 1. The first-order valence-electron chi connectivity index (χ1n) is 10.5. The minimum Gasteiger partial charge on any atom is -0.494 e. The Morgan fingerprint density at radius 3 is 2.83 bits per heavy atom. The van der Waals surface area contributed by atoms with Gasteiger partial charge < -0.3 is 10.1 Å². The summed E-state index contributed by atoms with van der Waals surface area (Å²) in [6.07, 6.45) is 1.30. The van der Waals surface area contributed by atoms with Crippen molar-refractivity contribution < 1.29 is 14.5 Å². The van der Waals surface area contributed by atoms with Crippen molar-refractivity contribution in [3.63, 3.8) is 0 Å². The van der Waals surface area contributed by atoms with Crippen molar-refractivity contribution in [1.29, 1.82) is 5.26 Å². The molecule has 8 nitrogen and oxygen atoms in total. The lowest BCUT2D eigenvalue weighted by atomic mass is 10.1. The van der Waals surface area contributed by atoms with Crippen LogP contribution in [0.5, 0.6) is 5.75 Å². The summed E-state index contributed by atoms with van der Waals surface area (Å²) in [7, 11) is 0. The largest absolute Gasteiger partial charge is 0.494 e. The van der Waals surface area contributed by atoms with Crippen molar-refractivity contribution in [1.82, 2.24) is 4.98 Å². The van der Waals surface area contributed by atoms with Gasteiger partial charge in [0.2, 0.25) is 0 Å². The fraction of sp³-hybridized carbons (Fsp3) is 0.0800. The number of anilines is 1. The maximum atomic E-state index is 12.5. The second-order valence-corrected chi connectivity index (χ2v) is 10.0. The van der Waals surface area contributed by atoms with Crippen LogP contribution in [0, 0.1) is 21.4 Å². The van der Waals surface area contributed by atoms with Crippen molar-refractivity contribution in [3.05, 3.63) is 86.9 Å². The summed E-state index contributed by atoms with van der Waals surface area (Å²) in [6.45, 7) is 2.45. The molecule has 0 fully saturated rings. The van der Waals surface area contributed by atoms with E-state index in [-0.39, 0.29) is 11.3 Å². The molecule has 0 radical (unpaired) electrons. The number of rotatable bonds is 8. The van der Waals surface area contributed by atoms with Gasteiger partial charge in [-0.3, -0.25) is 14.9 Å². The molecule has 3 aromatic carbocycles. The highest BCUT2D eigenvalue weighted by molar-refractivity contribution is 8.01. The van der Waals surface area contributed by atoms with Crippen molar-refractivity contribution in [2.45, 2.75) is 16.2 Å². The first-order chi connectivity index (χ1) is 17.4. The van der Waals surface area contributed by atoms with Crippen LogP contribution >= 0.6 is 34.7 Å². The summed E-state index contributed by atoms with van der Waals surface area (Å²) >= 11 is 8.51. The van der Waals surface area contributed by atoms with Crippen LogP contribution in [0.3, 0.4) is 0 Å². The molecular weight excluding hydrogens is 520 g/mol. The zero-order chi connectivity index (χ0) is 25.7. The van der Waals surface area contributed by atoms with E-state index in [1.165, 1.54) is 35.2 Å². The Bertz CT molecular complexity index is 1540. The van der Waals surface area contributed by atoms with Crippen LogP contribution in [-0.4, -0.2) is 22.4 Å². The average molecular weight is 537 g/mol. The van der Waals surface area contributed by atoms with Gasteiger partial charge in [-0.15, -0.1) is 11.3 Å². The van der Waals surface area contributed by atoms with Crippen LogP contribution in [0.25, 0.3) is 16.3 Å². The van der Waals surface area contributed by atoms with E-state index >= 15 is 0 Å². The highest BCUT2D eigenvalue weighted by Crippen LogP contribution is 2.40. The molecule has 0 aliphatic heterocycles. The van der Waals surface area contributed by atoms with Gasteiger partial charge in [0, 0.05) is 16.8 Å². The van der Waals surface area contributed by atoms with E-state index in [0.717, 1.165) is 16.0 Å². The average Bonchev–Trinajstić information content (AvgIpc) is 3.25. The van der Waals surface area contributed by atoms with Crippen LogP contribution < -0.4 is 10.1 Å². The smallest absolute Gasteiger partial charge is 0.283 e. The molecular formula is C25H17ClN4O4S2. The molecule has 0 unspecified atom stereocenters. The third-order valence-electron chi connectivity index (χ3n) is 4.79. The number of halogens is 1. The van der Waals surface area contributed by atoms with Gasteiger partial charge in [-0.2, -0.15) is 5.26 Å². The molecule has 0 spiro atoms. The number of carbonyl (C=O) groups is 1. The van der Waals surface area contributed by atoms with E-state index in [1.807, 2.05) is 31.2 Å². The van der Waals surface area contributed by atoms with Crippen LogP contribution in [0.4, 0.5) is 11.4 Å². The first kappa shape index (κ1) is 25.2. The number of amides is 1. The van der Waals surface area contributed by atoms with E-state index < -0.39 is 10.8 Å². The fourth-order valence-electron chi connectivity index (χ4n) is 3.21. The Hall–Kier alpha value is -3.91. The highest BCUT2D eigenvalue weighted by Gasteiger charge is 2.19. The topological polar surface area (TPSA) is 118 Å². The lowest BCUT2D eigenvalue weighted by Gasteiger charge is -2.05. The van der Waals surface area contributed by atoms with E-state index in [9.17, 15) is 20.2 Å². The molecule has 4 rings (SSSR count). The number of nitrogens with zero attached hydrogens (tertiary/aromatic N) is 3. The molecule has 1 aromatic heterocycles. The normalized spacial score (nSPS) is 11.2. The number of thiazole rings is 1. The molecule has 0 aliphatic rings. The molecule has 36 heavy (non-hydrogen) atoms. The number of hydrogen-bond acceptors (Lipinski definition) is 8. The van der Waals surface area contributed by atoms with Gasteiger partial charge in [0.15, 0.2) is 4.34 Å². The van der Waals surface area contributed by atoms with Crippen molar-refractivity contribution >= 4 is 68.3 Å². The monoisotopic (exact) mass is 536 g/mol. The SMILES string of the molecule is CCOc1ccc2nc(Sc3ccc(/C=C(\C#N)C(=O)Nc4cccc(Cl)c4)cc3[N+](=O)[O-])sc2c1. The molecule has 11 heteroatoms. The van der Waals surface area contributed by atoms with Crippen molar-refractivity contribution in [3.8, 4) is 11.8 Å². The lowest BCUT2D eigenvalue weighted by Crippen LogP contribution is -2.13. The maximum absolute atomic E-state index is 12.5. The Morgan fingerprint density at radius 1 is 1.28 bits per heavy atom. The Balaban J connectivity index is 1.58. The van der Waals surface area contributed by atoms with Crippen LogP contribution in [0.2, 0.25) is 5.02 Å². The van der Waals surface area contributed by atoms with Crippen LogP contribution in [-0.2, 0) is 4.79 Å². The Morgan fingerprint density at radius 2 is 2.11 bits per heavy atom. The molecule has 180 valence electrons. The van der Waals surface area contributed by atoms with E-state index in [2.05, 4.69) is 10.3 Å². The second-order valence-electron chi connectivity index (χ2n) is 7.26. The van der Waals surface area contributed by atoms with Crippen molar-refractivity contribution in [2.75, 3.05) is 11.9 Å². The van der Waals surface area contributed by atoms with Crippen LogP contribution in [0.1, 0.15) is 12.5 Å². The van der Waals surface area contributed by atoms with Gasteiger partial charge in [-0.05, 0) is 61.0 Å². The van der Waals surface area contributed by atoms with Gasteiger partial charge >= 0.3 is 0 Å². The highest BCUT2D eigenvalue weighted by atomic mass is 35.5. The molecule has 1 N–H and O–H groups in total. The van der Waals surface area contributed by atoms with Gasteiger partial charge in [-0.25, -0.2) is 4.98 Å². The second kappa shape index (κ2) is 11.2. The predicted molar refractivity (Wildman–Crippen MR) is 142 cm³/mol. The molecule has 0 saturated heterocycles. The number of nitro benzene ring substituents is 1. The van der Waals surface area contributed by atoms with Gasteiger partial charge in [-0.1, -0.05) is 35.5 Å². The Labute approximate surface area is 219 Å². The molecule has 0 bridgehead atoms. The number of nitriles is 1. The van der Waals surface area contributed by atoms with Gasteiger partial charge in [0.05, 0.1) is 26.6 Å². The Kier molecular flexibility index (Phi) is 7.85. The number of hydrogen-bond donors (Lipinski definition) is 1. The molecule has 4 aromatic rings. The zero-order valence-electron chi connectivity index (χ0n) is 18.7. The third kappa shape index (κ3) is 6.01. The first-order valence-corrected chi connectivity index (χ1v) is 12.6. The van der Waals surface area contributed by atoms with E-state index in [1.54, 1.807) is 36.4 Å². The summed E-state index contributed by atoms with van der Waals surface area (Å²) in [4.78, 5) is 28.8. The third-order valence-corrected chi connectivity index (χ3v) is 7.17. The predicted octanol–water partition coefficient (Wildman–Crippen LogP) is 6.95. The minimum absolute atomic E-state index is 0.157. The molecule has 0 atom stereocenters. The van der Waals surface area contributed by atoms with E-state index in [0.29, 0.717) is 32.1 Å². The number of nitro groups is 1.